The van der Waals surface area contributed by atoms with Gasteiger partial charge in [0.2, 0.25) is 0 Å². The van der Waals surface area contributed by atoms with Crippen LogP contribution in [0.4, 0.5) is 0 Å². The third kappa shape index (κ3) is 8.42. The lowest BCUT2D eigenvalue weighted by Gasteiger charge is -2.23. The molecule has 0 heterocycles. The summed E-state index contributed by atoms with van der Waals surface area (Å²) in [6.07, 6.45) is -0.00947. The van der Waals surface area contributed by atoms with Crippen LogP contribution >= 0.6 is 0 Å². The monoisotopic (exact) mass is 378 g/mol. The third-order valence-electron chi connectivity index (χ3n) is 2.97. The Morgan fingerprint density at radius 3 is 2.33 bits per heavy atom. The van der Waals surface area contributed by atoms with Gasteiger partial charge in [0.15, 0.2) is 0 Å². The van der Waals surface area contributed by atoms with Crippen LogP contribution in [-0.4, -0.2) is 47.5 Å². The lowest BCUT2D eigenvalue weighted by molar-refractivity contribution is 0.0255. The Bertz CT molecular complexity index is 699. The fraction of sp³-hybridized carbons (Fsp3) is 0.533. The van der Waals surface area contributed by atoms with E-state index >= 15 is 0 Å². The van der Waals surface area contributed by atoms with E-state index in [2.05, 4.69) is 0 Å². The predicted molar refractivity (Wildman–Crippen MR) is 90.0 cm³/mol. The van der Waals surface area contributed by atoms with E-state index in [9.17, 15) is 21.6 Å². The number of rotatable bonds is 10. The maximum absolute atomic E-state index is 11.9. The molecule has 0 aliphatic rings. The van der Waals surface area contributed by atoms with Crippen LogP contribution in [0.5, 0.6) is 0 Å². The van der Waals surface area contributed by atoms with Crippen molar-refractivity contribution in [3.05, 3.63) is 35.9 Å². The Labute approximate surface area is 144 Å². The molecule has 0 atom stereocenters. The van der Waals surface area contributed by atoms with E-state index in [1.165, 1.54) is 0 Å². The van der Waals surface area contributed by atoms with E-state index in [0.29, 0.717) is 5.56 Å². The zero-order valence-corrected chi connectivity index (χ0v) is 15.3. The first kappa shape index (κ1) is 20.6. The van der Waals surface area contributed by atoms with Gasteiger partial charge in [-0.05, 0) is 18.6 Å². The van der Waals surface area contributed by atoms with Crippen molar-refractivity contribution in [2.45, 2.75) is 20.3 Å². The smallest absolute Gasteiger partial charge is 0.338 e. The summed E-state index contributed by atoms with van der Waals surface area (Å²) in [5.74, 6) is -1.06. The normalized spacial score (nSPS) is 12.3. The van der Waals surface area contributed by atoms with Gasteiger partial charge >= 0.3 is 5.97 Å². The maximum Gasteiger partial charge on any atom is 0.338 e. The molecule has 136 valence electrons. The van der Waals surface area contributed by atoms with Crippen molar-refractivity contribution in [3.8, 4) is 0 Å². The SMILES string of the molecule is CC(C)(COC(=O)c1ccccc1)COS(=O)(=O)CCC[SH](=O)=O. The highest BCUT2D eigenvalue weighted by Gasteiger charge is 2.24. The van der Waals surface area contributed by atoms with Crippen molar-refractivity contribution < 1.29 is 30.6 Å². The topological polar surface area (TPSA) is 104 Å². The Morgan fingerprint density at radius 2 is 1.75 bits per heavy atom. The lowest BCUT2D eigenvalue weighted by atomic mass is 9.96. The van der Waals surface area contributed by atoms with Crippen LogP contribution in [0.25, 0.3) is 0 Å². The number of hydrogen-bond donors (Lipinski definition) is 1. The van der Waals surface area contributed by atoms with Crippen LogP contribution in [0.3, 0.4) is 0 Å². The number of ether oxygens (including phenoxy) is 1. The van der Waals surface area contributed by atoms with Gasteiger partial charge in [-0.3, -0.25) is 4.18 Å². The second-order valence-electron chi connectivity index (χ2n) is 6.04. The standard InChI is InChI=1S/C15H22O7S2/c1-15(2,11-21-14(16)13-7-4-3-5-8-13)12-22-24(19,20)10-6-9-23(17)18/h3-5,7-8,23H,6,9-12H2,1-2H3. The molecule has 0 amide bonds. The molecule has 0 aliphatic carbocycles. The van der Waals surface area contributed by atoms with Gasteiger partial charge in [-0.1, -0.05) is 32.0 Å². The average molecular weight is 378 g/mol. The average Bonchev–Trinajstić information content (AvgIpc) is 2.51. The van der Waals surface area contributed by atoms with Crippen LogP contribution in [-0.2, 0) is 29.7 Å². The number of carbonyl (C=O) groups excluding carboxylic acids is 1. The summed E-state index contributed by atoms with van der Waals surface area (Å²) in [6.45, 7) is 3.23. The highest BCUT2D eigenvalue weighted by Crippen LogP contribution is 2.18. The Kier molecular flexibility index (Phi) is 7.85. The van der Waals surface area contributed by atoms with E-state index < -0.39 is 32.2 Å². The molecule has 0 N–H and O–H groups in total. The first-order valence-electron chi connectivity index (χ1n) is 7.32. The number of benzene rings is 1. The van der Waals surface area contributed by atoms with Crippen molar-refractivity contribution in [2.75, 3.05) is 24.7 Å². The maximum atomic E-state index is 11.9. The first-order valence-corrected chi connectivity index (χ1v) is 10.3. The molecule has 0 spiro atoms. The number of esters is 1. The molecule has 0 unspecified atom stereocenters. The van der Waals surface area contributed by atoms with Gasteiger partial charge in [0.1, 0.15) is 10.7 Å². The van der Waals surface area contributed by atoms with Gasteiger partial charge in [-0.25, -0.2) is 13.2 Å². The van der Waals surface area contributed by atoms with E-state index in [0.717, 1.165) is 0 Å². The van der Waals surface area contributed by atoms with Gasteiger partial charge in [0.25, 0.3) is 10.1 Å². The summed E-state index contributed by atoms with van der Waals surface area (Å²) >= 11 is 0. The Morgan fingerprint density at radius 1 is 1.12 bits per heavy atom. The van der Waals surface area contributed by atoms with Crippen molar-refractivity contribution in [1.29, 1.82) is 0 Å². The molecule has 9 heteroatoms. The predicted octanol–water partition coefficient (Wildman–Crippen LogP) is 1.22. The molecule has 0 fully saturated rings. The van der Waals surface area contributed by atoms with Crippen LogP contribution in [0.2, 0.25) is 0 Å². The summed E-state index contributed by atoms with van der Waals surface area (Å²) in [5, 5.41) is 0. The lowest BCUT2D eigenvalue weighted by Crippen LogP contribution is -2.29. The fourth-order valence-corrected chi connectivity index (χ4v) is 3.38. The van der Waals surface area contributed by atoms with E-state index in [-0.39, 0.29) is 31.1 Å². The second-order valence-corrected chi connectivity index (χ2v) is 8.91. The molecule has 1 aromatic rings. The minimum atomic E-state index is -3.81. The molecule has 24 heavy (non-hydrogen) atoms. The van der Waals surface area contributed by atoms with Crippen molar-refractivity contribution in [3.63, 3.8) is 0 Å². The highest BCUT2D eigenvalue weighted by molar-refractivity contribution is 7.86. The zero-order chi connectivity index (χ0) is 18.2. The fourth-order valence-electron chi connectivity index (χ4n) is 1.64. The van der Waals surface area contributed by atoms with Gasteiger partial charge in [0.05, 0.1) is 24.5 Å². The second kappa shape index (κ2) is 9.14. The molecule has 0 aromatic heterocycles. The van der Waals surface area contributed by atoms with Gasteiger partial charge in [-0.2, -0.15) is 8.42 Å². The van der Waals surface area contributed by atoms with Crippen LogP contribution in [0.15, 0.2) is 30.3 Å². The van der Waals surface area contributed by atoms with Crippen molar-refractivity contribution >= 4 is 26.8 Å². The molecule has 0 bridgehead atoms. The minimum Gasteiger partial charge on any atom is -0.461 e. The Balaban J connectivity index is 2.44. The minimum absolute atomic E-state index is 0.00947. The highest BCUT2D eigenvalue weighted by atomic mass is 32.2. The summed E-state index contributed by atoms with van der Waals surface area (Å²) in [7, 11) is -6.41. The number of hydrogen-bond acceptors (Lipinski definition) is 7. The summed E-state index contributed by atoms with van der Waals surface area (Å²) in [4.78, 5) is 11.9. The molecular formula is C15H22O7S2. The van der Waals surface area contributed by atoms with E-state index in [1.807, 2.05) is 0 Å². The van der Waals surface area contributed by atoms with Crippen LogP contribution in [0.1, 0.15) is 30.6 Å². The molecule has 0 saturated carbocycles. The quantitative estimate of drug-likeness (QED) is 0.371. The molecule has 0 aliphatic heterocycles. The molecule has 1 aromatic carbocycles. The van der Waals surface area contributed by atoms with Gasteiger partial charge in [-0.15, -0.1) is 0 Å². The third-order valence-corrected chi connectivity index (χ3v) is 4.91. The molecular weight excluding hydrogens is 356 g/mol. The summed E-state index contributed by atoms with van der Waals surface area (Å²) < 4.78 is 54.3. The van der Waals surface area contributed by atoms with Gasteiger partial charge < -0.3 is 4.74 Å². The van der Waals surface area contributed by atoms with Gasteiger partial charge in [0, 0.05) is 11.2 Å². The van der Waals surface area contributed by atoms with Crippen LogP contribution in [0, 0.1) is 5.41 Å². The largest absolute Gasteiger partial charge is 0.461 e. The number of thiol groups is 1. The van der Waals surface area contributed by atoms with Crippen LogP contribution < -0.4 is 0 Å². The molecule has 0 radical (unpaired) electrons. The summed E-state index contributed by atoms with van der Waals surface area (Å²) in [5.41, 5.74) is -0.296. The first-order chi connectivity index (χ1) is 11.1. The van der Waals surface area contributed by atoms with E-state index in [4.69, 9.17) is 8.92 Å². The molecule has 7 nitrogen and oxygen atoms in total. The summed E-state index contributed by atoms with van der Waals surface area (Å²) in [6, 6.07) is 8.46. The molecule has 0 saturated heterocycles. The Hall–Kier alpha value is -1.45. The number of carbonyl (C=O) groups is 1. The van der Waals surface area contributed by atoms with Crippen molar-refractivity contribution in [2.24, 2.45) is 5.41 Å². The molecule has 1 rings (SSSR count). The van der Waals surface area contributed by atoms with Crippen molar-refractivity contribution in [1.82, 2.24) is 0 Å². The van der Waals surface area contributed by atoms with E-state index in [1.54, 1.807) is 44.2 Å². The zero-order valence-electron chi connectivity index (χ0n) is 13.6.